The average Bonchev–Trinajstić information content (AvgIpc) is 2.47. The lowest BCUT2D eigenvalue weighted by Gasteiger charge is -2.47. The van der Waals surface area contributed by atoms with Crippen molar-refractivity contribution in [1.29, 1.82) is 0 Å². The summed E-state index contributed by atoms with van der Waals surface area (Å²) in [4.78, 5) is 2.84. The molecule has 4 unspecified atom stereocenters. The van der Waals surface area contributed by atoms with Crippen molar-refractivity contribution in [2.75, 3.05) is 26.3 Å². The van der Waals surface area contributed by atoms with Crippen molar-refractivity contribution in [3.8, 4) is 0 Å². The van der Waals surface area contributed by atoms with Crippen LogP contribution in [-0.4, -0.2) is 49.3 Å². The summed E-state index contributed by atoms with van der Waals surface area (Å²) in [6.45, 7) is 6.60. The second-order valence-electron chi connectivity index (χ2n) is 6.80. The number of hydrogen-bond donors (Lipinski definition) is 1. The Balaban J connectivity index is 1.56. The molecule has 3 nitrogen and oxygen atoms in total. The van der Waals surface area contributed by atoms with Crippen molar-refractivity contribution in [2.24, 2.45) is 5.92 Å². The van der Waals surface area contributed by atoms with Crippen molar-refractivity contribution < 1.29 is 4.74 Å². The molecule has 2 heterocycles. The van der Waals surface area contributed by atoms with Crippen molar-refractivity contribution in [3.63, 3.8) is 0 Å². The number of likely N-dealkylation sites (tertiary alicyclic amines) is 1. The van der Waals surface area contributed by atoms with Gasteiger partial charge in [-0.1, -0.05) is 12.8 Å². The lowest BCUT2D eigenvalue weighted by molar-refractivity contribution is 0.0126. The van der Waals surface area contributed by atoms with Crippen LogP contribution in [0.4, 0.5) is 0 Å². The molecule has 0 aromatic carbocycles. The maximum Gasteiger partial charge on any atom is 0.0620 e. The lowest BCUT2D eigenvalue weighted by atomic mass is 9.77. The molecular formula is C16H30N2O. The van der Waals surface area contributed by atoms with Crippen LogP contribution in [0.2, 0.25) is 0 Å². The smallest absolute Gasteiger partial charge is 0.0620 e. The molecule has 0 aromatic heterocycles. The molecule has 3 aliphatic rings. The summed E-state index contributed by atoms with van der Waals surface area (Å²) < 4.78 is 5.60. The quantitative estimate of drug-likeness (QED) is 0.849. The van der Waals surface area contributed by atoms with Gasteiger partial charge >= 0.3 is 0 Å². The van der Waals surface area contributed by atoms with Gasteiger partial charge in [-0.15, -0.1) is 0 Å². The van der Waals surface area contributed by atoms with Gasteiger partial charge in [-0.05, 0) is 51.5 Å². The molecule has 3 fully saturated rings. The van der Waals surface area contributed by atoms with Gasteiger partial charge in [0, 0.05) is 24.7 Å². The van der Waals surface area contributed by atoms with Crippen LogP contribution in [0.5, 0.6) is 0 Å². The van der Waals surface area contributed by atoms with Gasteiger partial charge in [-0.2, -0.15) is 0 Å². The summed E-state index contributed by atoms with van der Waals surface area (Å²) in [6, 6.07) is 2.18. The van der Waals surface area contributed by atoms with Gasteiger partial charge in [0.15, 0.2) is 0 Å². The number of hydrogen-bond acceptors (Lipinski definition) is 3. The second-order valence-corrected chi connectivity index (χ2v) is 6.80. The molecule has 0 bridgehead atoms. The molecule has 110 valence electrons. The van der Waals surface area contributed by atoms with E-state index in [0.29, 0.717) is 12.1 Å². The van der Waals surface area contributed by atoms with Gasteiger partial charge in [0.1, 0.15) is 0 Å². The van der Waals surface area contributed by atoms with Gasteiger partial charge in [0.25, 0.3) is 0 Å². The van der Waals surface area contributed by atoms with Crippen molar-refractivity contribution in [3.05, 3.63) is 0 Å². The second kappa shape index (κ2) is 6.55. The van der Waals surface area contributed by atoms with E-state index in [1.165, 1.54) is 51.5 Å². The Morgan fingerprint density at radius 1 is 1.21 bits per heavy atom. The SMILES string of the molecule is CC(CC1COCCN1)N1CCCC2CCCCC21. The predicted octanol–water partition coefficient (Wildman–Crippen LogP) is 2.41. The predicted molar refractivity (Wildman–Crippen MR) is 78.4 cm³/mol. The number of morpholine rings is 1. The molecule has 3 heteroatoms. The van der Waals surface area contributed by atoms with E-state index >= 15 is 0 Å². The largest absolute Gasteiger partial charge is 0.379 e. The Morgan fingerprint density at radius 2 is 2.05 bits per heavy atom. The summed E-state index contributed by atoms with van der Waals surface area (Å²) in [6.07, 6.45) is 10.0. The van der Waals surface area contributed by atoms with E-state index in [4.69, 9.17) is 4.74 Å². The molecule has 19 heavy (non-hydrogen) atoms. The third kappa shape index (κ3) is 3.32. The number of nitrogens with one attached hydrogen (secondary N) is 1. The summed E-state index contributed by atoms with van der Waals surface area (Å²) in [5.41, 5.74) is 0. The van der Waals surface area contributed by atoms with Crippen molar-refractivity contribution >= 4 is 0 Å². The van der Waals surface area contributed by atoms with E-state index in [0.717, 1.165) is 31.7 Å². The molecule has 2 aliphatic heterocycles. The fraction of sp³-hybridized carbons (Fsp3) is 1.00. The molecular weight excluding hydrogens is 236 g/mol. The number of rotatable bonds is 3. The third-order valence-corrected chi connectivity index (χ3v) is 5.48. The summed E-state index contributed by atoms with van der Waals surface area (Å²) in [5, 5.41) is 3.61. The van der Waals surface area contributed by atoms with Gasteiger partial charge in [0.2, 0.25) is 0 Å². The van der Waals surface area contributed by atoms with E-state index in [2.05, 4.69) is 17.1 Å². The van der Waals surface area contributed by atoms with Crippen LogP contribution >= 0.6 is 0 Å². The zero-order valence-corrected chi connectivity index (χ0v) is 12.4. The third-order valence-electron chi connectivity index (χ3n) is 5.48. The van der Waals surface area contributed by atoms with Gasteiger partial charge < -0.3 is 10.1 Å². The highest BCUT2D eigenvalue weighted by Gasteiger charge is 2.35. The van der Waals surface area contributed by atoms with E-state index in [1.54, 1.807) is 0 Å². The standard InChI is InChI=1S/C16H30N2O/c1-13(11-15-12-19-10-8-17-15)18-9-4-6-14-5-2-3-7-16(14)18/h13-17H,2-12H2,1H3. The minimum atomic E-state index is 0.577. The molecule has 2 saturated heterocycles. The first-order chi connectivity index (χ1) is 9.34. The minimum absolute atomic E-state index is 0.577. The maximum absolute atomic E-state index is 5.60. The molecule has 0 aromatic rings. The first-order valence-electron chi connectivity index (χ1n) is 8.41. The van der Waals surface area contributed by atoms with E-state index in [-0.39, 0.29) is 0 Å². The number of ether oxygens (including phenoxy) is 1. The van der Waals surface area contributed by atoms with Crippen LogP contribution in [0.1, 0.15) is 51.9 Å². The van der Waals surface area contributed by atoms with E-state index < -0.39 is 0 Å². The van der Waals surface area contributed by atoms with Crippen LogP contribution in [0.3, 0.4) is 0 Å². The Morgan fingerprint density at radius 3 is 2.89 bits per heavy atom. The molecule has 0 spiro atoms. The monoisotopic (exact) mass is 266 g/mol. The van der Waals surface area contributed by atoms with Gasteiger partial charge in [-0.25, -0.2) is 0 Å². The number of nitrogens with zero attached hydrogens (tertiary/aromatic N) is 1. The minimum Gasteiger partial charge on any atom is -0.379 e. The summed E-state index contributed by atoms with van der Waals surface area (Å²) in [7, 11) is 0. The highest BCUT2D eigenvalue weighted by molar-refractivity contribution is 4.90. The first-order valence-corrected chi connectivity index (χ1v) is 8.41. The zero-order chi connectivity index (χ0) is 13.1. The zero-order valence-electron chi connectivity index (χ0n) is 12.4. The average molecular weight is 266 g/mol. The molecule has 1 aliphatic carbocycles. The topological polar surface area (TPSA) is 24.5 Å². The van der Waals surface area contributed by atoms with Crippen molar-refractivity contribution in [2.45, 2.75) is 70.0 Å². The highest BCUT2D eigenvalue weighted by Crippen LogP contribution is 2.36. The Labute approximate surface area is 118 Å². The molecule has 0 radical (unpaired) electrons. The van der Waals surface area contributed by atoms with Crippen LogP contribution in [0, 0.1) is 5.92 Å². The number of fused-ring (bicyclic) bond motifs is 1. The lowest BCUT2D eigenvalue weighted by Crippen LogP contribution is -2.53. The fourth-order valence-corrected chi connectivity index (χ4v) is 4.53. The first kappa shape index (κ1) is 13.8. The van der Waals surface area contributed by atoms with Crippen LogP contribution in [0.25, 0.3) is 0 Å². The summed E-state index contributed by atoms with van der Waals surface area (Å²) in [5.74, 6) is 1.00. The number of piperidine rings is 1. The maximum atomic E-state index is 5.60. The van der Waals surface area contributed by atoms with E-state index in [1.807, 2.05) is 0 Å². The highest BCUT2D eigenvalue weighted by atomic mass is 16.5. The molecule has 0 amide bonds. The fourth-order valence-electron chi connectivity index (χ4n) is 4.53. The van der Waals surface area contributed by atoms with Crippen LogP contribution < -0.4 is 5.32 Å². The van der Waals surface area contributed by atoms with E-state index in [9.17, 15) is 0 Å². The molecule has 1 N–H and O–H groups in total. The van der Waals surface area contributed by atoms with Gasteiger partial charge in [-0.3, -0.25) is 4.90 Å². The van der Waals surface area contributed by atoms with Crippen LogP contribution in [0.15, 0.2) is 0 Å². The van der Waals surface area contributed by atoms with Gasteiger partial charge in [0.05, 0.1) is 13.2 Å². The van der Waals surface area contributed by atoms with Crippen molar-refractivity contribution in [1.82, 2.24) is 10.2 Å². The molecule has 1 saturated carbocycles. The van der Waals surface area contributed by atoms with Crippen LogP contribution in [-0.2, 0) is 4.74 Å². The summed E-state index contributed by atoms with van der Waals surface area (Å²) >= 11 is 0. The Bertz CT molecular complexity index is 276. The molecule has 3 rings (SSSR count). The Hall–Kier alpha value is -0.120. The normalized spacial score (nSPS) is 38.7. The molecule has 4 atom stereocenters. The Kier molecular flexibility index (Phi) is 4.78.